The van der Waals surface area contributed by atoms with E-state index in [1.807, 2.05) is 0 Å². The van der Waals surface area contributed by atoms with Crippen LogP contribution in [0, 0.1) is 0 Å². The van der Waals surface area contributed by atoms with E-state index >= 15 is 0 Å². The molecule has 0 aromatic carbocycles. The van der Waals surface area contributed by atoms with Crippen molar-refractivity contribution in [2.24, 2.45) is 0 Å². The quantitative estimate of drug-likeness (QED) is 0.445. The fraction of sp³-hybridized carbons (Fsp3) is 0.286. The Hall–Kier alpha value is -3.65. The van der Waals surface area contributed by atoms with E-state index in [4.69, 9.17) is 11.6 Å². The van der Waals surface area contributed by atoms with Crippen molar-refractivity contribution in [3.63, 3.8) is 0 Å². The van der Waals surface area contributed by atoms with Crippen LogP contribution < -0.4 is 16.0 Å². The minimum Gasteiger partial charge on any atom is -0.342 e. The molecular formula is C21H17ClF3N7O3S. The summed E-state index contributed by atoms with van der Waals surface area (Å²) in [6.07, 6.45) is -0.188. The van der Waals surface area contributed by atoms with Crippen LogP contribution in [0.25, 0.3) is 0 Å². The molecule has 0 spiro atoms. The number of carbonyl (C=O) groups excluding carboxylic acids is 3. The summed E-state index contributed by atoms with van der Waals surface area (Å²) in [6.45, 7) is 1.65. The zero-order valence-corrected chi connectivity index (χ0v) is 20.0. The molecule has 15 heteroatoms. The lowest BCUT2D eigenvalue weighted by Gasteiger charge is -2.14. The van der Waals surface area contributed by atoms with Crippen LogP contribution in [0.5, 0.6) is 0 Å². The second-order valence-electron chi connectivity index (χ2n) is 7.71. The van der Waals surface area contributed by atoms with Gasteiger partial charge in [-0.25, -0.2) is 19.9 Å². The summed E-state index contributed by atoms with van der Waals surface area (Å²) in [5, 5.41) is 7.47. The first-order valence-corrected chi connectivity index (χ1v) is 11.7. The molecule has 0 saturated carbocycles. The van der Waals surface area contributed by atoms with Gasteiger partial charge in [0.25, 0.3) is 11.8 Å². The van der Waals surface area contributed by atoms with Crippen molar-refractivity contribution in [2.75, 3.05) is 10.6 Å². The Morgan fingerprint density at radius 3 is 2.67 bits per heavy atom. The van der Waals surface area contributed by atoms with Gasteiger partial charge >= 0.3 is 6.18 Å². The fourth-order valence-electron chi connectivity index (χ4n) is 3.39. The Balaban J connectivity index is 1.45. The van der Waals surface area contributed by atoms with Crippen molar-refractivity contribution in [3.8, 4) is 0 Å². The van der Waals surface area contributed by atoms with E-state index in [2.05, 4.69) is 35.9 Å². The first kappa shape index (κ1) is 25.4. The number of amides is 3. The smallest absolute Gasteiger partial charge is 0.342 e. The molecule has 0 aliphatic carbocycles. The zero-order valence-electron chi connectivity index (χ0n) is 18.4. The SMILES string of the molecule is CC(NC(=O)c1ncnc2c1CCCC(=O)N2)c1ncc(C(=O)Nc2cc(C(F)(F)F)c(Cl)cn2)s1. The Bertz CT molecular complexity index is 1350. The second kappa shape index (κ2) is 10.1. The van der Waals surface area contributed by atoms with Crippen LogP contribution in [0.2, 0.25) is 5.02 Å². The lowest BCUT2D eigenvalue weighted by Crippen LogP contribution is -2.29. The third kappa shape index (κ3) is 5.60. The number of alkyl halides is 3. The standard InChI is InChI=1S/C21H17ClF3N7O3S/c1-9(30-19(35)16-10-3-2-4-15(33)32-17(10)29-8-28-16)20-27-7-13(36-20)18(34)31-14-5-11(21(23,24)25)12(22)6-26-14/h5-9H,2-4H2,1H3,(H,30,35)(H,26,31,34)(H,28,29,32,33). The average Bonchev–Trinajstić information content (AvgIpc) is 3.23. The number of pyridine rings is 1. The molecule has 3 aromatic heterocycles. The Kier molecular flexibility index (Phi) is 7.17. The molecule has 1 aliphatic heterocycles. The third-order valence-electron chi connectivity index (χ3n) is 5.12. The molecule has 4 rings (SSSR count). The van der Waals surface area contributed by atoms with Crippen LogP contribution in [0.4, 0.5) is 24.8 Å². The lowest BCUT2D eigenvalue weighted by molar-refractivity contribution is -0.137. The number of fused-ring (bicyclic) bond motifs is 1. The number of hydrogen-bond donors (Lipinski definition) is 3. The molecule has 10 nitrogen and oxygen atoms in total. The molecule has 1 aliphatic rings. The van der Waals surface area contributed by atoms with Gasteiger partial charge in [-0.1, -0.05) is 11.6 Å². The number of hydrogen-bond acceptors (Lipinski definition) is 8. The van der Waals surface area contributed by atoms with E-state index in [1.54, 1.807) is 6.92 Å². The number of anilines is 2. The van der Waals surface area contributed by atoms with E-state index in [1.165, 1.54) is 12.5 Å². The summed E-state index contributed by atoms with van der Waals surface area (Å²) in [6, 6.07) is 0.0125. The maximum absolute atomic E-state index is 13.0. The highest BCUT2D eigenvalue weighted by Crippen LogP contribution is 2.35. The van der Waals surface area contributed by atoms with E-state index < -0.39 is 34.6 Å². The maximum atomic E-state index is 13.0. The normalized spacial score (nSPS) is 14.3. The molecule has 0 fully saturated rings. The number of nitrogens with zero attached hydrogens (tertiary/aromatic N) is 4. The highest BCUT2D eigenvalue weighted by molar-refractivity contribution is 7.13. The molecule has 1 unspecified atom stereocenters. The molecule has 3 amide bonds. The van der Waals surface area contributed by atoms with Crippen molar-refractivity contribution < 1.29 is 27.6 Å². The van der Waals surface area contributed by atoms with E-state index in [-0.39, 0.29) is 22.3 Å². The minimum absolute atomic E-state index is 0.0926. The monoisotopic (exact) mass is 539 g/mol. The van der Waals surface area contributed by atoms with Crippen molar-refractivity contribution in [2.45, 2.75) is 38.4 Å². The second-order valence-corrected chi connectivity index (χ2v) is 9.18. The number of nitrogens with one attached hydrogen (secondary N) is 3. The molecule has 4 heterocycles. The van der Waals surface area contributed by atoms with Gasteiger partial charge in [-0.15, -0.1) is 11.3 Å². The number of carbonyl (C=O) groups is 3. The summed E-state index contributed by atoms with van der Waals surface area (Å²) in [5.74, 6) is -1.46. The van der Waals surface area contributed by atoms with E-state index in [9.17, 15) is 27.6 Å². The Morgan fingerprint density at radius 1 is 1.14 bits per heavy atom. The van der Waals surface area contributed by atoms with Gasteiger partial charge in [0.15, 0.2) is 0 Å². The highest BCUT2D eigenvalue weighted by Gasteiger charge is 2.34. The van der Waals surface area contributed by atoms with E-state index in [0.29, 0.717) is 41.7 Å². The van der Waals surface area contributed by atoms with Crippen molar-refractivity contribution in [1.82, 2.24) is 25.3 Å². The molecule has 188 valence electrons. The van der Waals surface area contributed by atoms with Gasteiger partial charge in [0.1, 0.15) is 33.5 Å². The maximum Gasteiger partial charge on any atom is 0.418 e. The number of halogens is 4. The molecule has 36 heavy (non-hydrogen) atoms. The van der Waals surface area contributed by atoms with Crippen LogP contribution >= 0.6 is 22.9 Å². The van der Waals surface area contributed by atoms with Gasteiger partial charge in [-0.05, 0) is 25.8 Å². The largest absolute Gasteiger partial charge is 0.418 e. The fourth-order valence-corrected chi connectivity index (χ4v) is 4.42. The highest BCUT2D eigenvalue weighted by atomic mass is 35.5. The van der Waals surface area contributed by atoms with Gasteiger partial charge in [0, 0.05) is 18.2 Å². The molecule has 1 atom stereocenters. The third-order valence-corrected chi connectivity index (χ3v) is 6.60. The van der Waals surface area contributed by atoms with Crippen molar-refractivity contribution in [3.05, 3.63) is 56.5 Å². The molecule has 0 radical (unpaired) electrons. The van der Waals surface area contributed by atoms with Gasteiger partial charge < -0.3 is 16.0 Å². The summed E-state index contributed by atoms with van der Waals surface area (Å²) in [7, 11) is 0. The van der Waals surface area contributed by atoms with Gasteiger partial charge in [0.2, 0.25) is 5.91 Å². The average molecular weight is 540 g/mol. The van der Waals surface area contributed by atoms with Crippen LogP contribution in [-0.2, 0) is 17.4 Å². The topological polar surface area (TPSA) is 139 Å². The van der Waals surface area contributed by atoms with Crippen molar-refractivity contribution in [1.29, 1.82) is 0 Å². The molecule has 3 N–H and O–H groups in total. The van der Waals surface area contributed by atoms with Gasteiger partial charge in [0.05, 0.1) is 22.8 Å². The van der Waals surface area contributed by atoms with E-state index in [0.717, 1.165) is 17.5 Å². The Labute approximate surface area is 210 Å². The van der Waals surface area contributed by atoms with Crippen LogP contribution in [-0.4, -0.2) is 37.7 Å². The summed E-state index contributed by atoms with van der Waals surface area (Å²) in [4.78, 5) is 53.2. The molecule has 0 bridgehead atoms. The van der Waals surface area contributed by atoms with Crippen LogP contribution in [0.1, 0.15) is 62.1 Å². The number of rotatable bonds is 5. The lowest BCUT2D eigenvalue weighted by atomic mass is 10.1. The summed E-state index contributed by atoms with van der Waals surface area (Å²) < 4.78 is 39.1. The first-order valence-electron chi connectivity index (χ1n) is 10.5. The molecule has 0 saturated heterocycles. The number of aromatic nitrogens is 4. The number of thiazole rings is 1. The molecular weight excluding hydrogens is 523 g/mol. The van der Waals surface area contributed by atoms with Crippen LogP contribution in [0.3, 0.4) is 0 Å². The summed E-state index contributed by atoms with van der Waals surface area (Å²) in [5.41, 5.74) is -0.475. The first-order chi connectivity index (χ1) is 17.0. The predicted octanol–water partition coefficient (Wildman–Crippen LogP) is 4.02. The van der Waals surface area contributed by atoms with Gasteiger partial charge in [-0.2, -0.15) is 13.2 Å². The Morgan fingerprint density at radius 2 is 1.92 bits per heavy atom. The van der Waals surface area contributed by atoms with Crippen molar-refractivity contribution >= 4 is 52.3 Å². The summed E-state index contributed by atoms with van der Waals surface area (Å²) >= 11 is 6.50. The minimum atomic E-state index is -4.71. The predicted molar refractivity (Wildman–Crippen MR) is 124 cm³/mol. The van der Waals surface area contributed by atoms with Gasteiger partial charge in [-0.3, -0.25) is 14.4 Å². The zero-order chi connectivity index (χ0) is 26.0. The molecule has 3 aromatic rings. The van der Waals surface area contributed by atoms with Crippen LogP contribution in [0.15, 0.2) is 24.8 Å².